The third kappa shape index (κ3) is 5.12. The van der Waals surface area contributed by atoms with E-state index in [9.17, 15) is 9.90 Å². The van der Waals surface area contributed by atoms with Crippen molar-refractivity contribution in [1.29, 1.82) is 0 Å². The number of hydrogen-bond acceptors (Lipinski definition) is 5. The van der Waals surface area contributed by atoms with Crippen molar-refractivity contribution in [2.75, 3.05) is 7.11 Å². The van der Waals surface area contributed by atoms with Crippen molar-refractivity contribution in [3.05, 3.63) is 89.5 Å². The van der Waals surface area contributed by atoms with Crippen LogP contribution in [-0.4, -0.2) is 33.1 Å². The molecule has 27 heavy (non-hydrogen) atoms. The highest BCUT2D eigenvalue weighted by molar-refractivity contribution is 5.89. The molecule has 1 N–H and O–H groups in total. The van der Waals surface area contributed by atoms with Crippen LogP contribution in [0.3, 0.4) is 0 Å². The van der Waals surface area contributed by atoms with E-state index < -0.39 is 5.97 Å². The molecule has 0 unspecified atom stereocenters. The summed E-state index contributed by atoms with van der Waals surface area (Å²) in [6.45, 7) is 1.59. The Hall–Kier alpha value is -3.25. The summed E-state index contributed by atoms with van der Waals surface area (Å²) in [5.41, 5.74) is 2.78. The Morgan fingerprint density at radius 1 is 0.963 bits per heavy atom. The molecule has 0 saturated carbocycles. The van der Waals surface area contributed by atoms with E-state index in [2.05, 4.69) is 14.9 Å². The van der Waals surface area contributed by atoms with Crippen molar-refractivity contribution in [2.24, 2.45) is 0 Å². The van der Waals surface area contributed by atoms with Gasteiger partial charge in [0.15, 0.2) is 0 Å². The molecule has 2 aromatic heterocycles. The van der Waals surface area contributed by atoms with E-state index in [1.807, 2.05) is 36.4 Å². The first kappa shape index (κ1) is 18.5. The van der Waals surface area contributed by atoms with E-state index in [0.29, 0.717) is 30.9 Å². The number of pyridine rings is 2. The van der Waals surface area contributed by atoms with Crippen molar-refractivity contribution in [3.63, 3.8) is 0 Å². The average Bonchev–Trinajstić information content (AvgIpc) is 2.69. The molecule has 2 heterocycles. The lowest BCUT2D eigenvalue weighted by molar-refractivity contribution is 0.0694. The van der Waals surface area contributed by atoms with E-state index in [0.717, 1.165) is 11.4 Å². The number of carbonyl (C=O) groups is 1. The van der Waals surface area contributed by atoms with Crippen molar-refractivity contribution >= 4 is 5.97 Å². The van der Waals surface area contributed by atoms with Gasteiger partial charge in [-0.05, 0) is 48.0 Å². The summed E-state index contributed by atoms with van der Waals surface area (Å²) in [5.74, 6) is -0.325. The predicted octanol–water partition coefficient (Wildman–Crippen LogP) is 3.39. The molecule has 0 fully saturated rings. The number of methoxy groups -OCH3 is 1. The van der Waals surface area contributed by atoms with Gasteiger partial charge in [-0.15, -0.1) is 0 Å². The van der Waals surface area contributed by atoms with Gasteiger partial charge in [-0.1, -0.05) is 12.1 Å². The molecule has 0 bridgehead atoms. The molecule has 0 atom stereocenters. The Balaban J connectivity index is 1.89. The van der Waals surface area contributed by atoms with Crippen LogP contribution in [0.15, 0.2) is 67.0 Å². The van der Waals surface area contributed by atoms with E-state index in [1.54, 1.807) is 37.7 Å². The maximum Gasteiger partial charge on any atom is 0.336 e. The molecule has 0 spiro atoms. The zero-order chi connectivity index (χ0) is 19.1. The van der Waals surface area contributed by atoms with Gasteiger partial charge in [0.25, 0.3) is 0 Å². The number of benzene rings is 1. The minimum atomic E-state index is -0.955. The third-order valence-electron chi connectivity index (χ3n) is 4.16. The van der Waals surface area contributed by atoms with Gasteiger partial charge in [-0.25, -0.2) is 4.79 Å². The lowest BCUT2D eigenvalue weighted by Crippen LogP contribution is -2.24. The first-order valence-corrected chi connectivity index (χ1v) is 8.58. The molecule has 0 aliphatic carbocycles. The molecule has 0 radical (unpaired) electrons. The van der Waals surface area contributed by atoms with Crippen LogP contribution in [0.25, 0.3) is 0 Å². The van der Waals surface area contributed by atoms with Gasteiger partial charge in [0, 0.05) is 32.0 Å². The topological polar surface area (TPSA) is 75.6 Å². The Kier molecular flexibility index (Phi) is 6.12. The van der Waals surface area contributed by atoms with Crippen molar-refractivity contribution < 1.29 is 14.6 Å². The second-order valence-corrected chi connectivity index (χ2v) is 6.12. The summed E-state index contributed by atoms with van der Waals surface area (Å²) >= 11 is 0. The number of nitrogens with zero attached hydrogens (tertiary/aromatic N) is 3. The molecule has 138 valence electrons. The summed E-state index contributed by atoms with van der Waals surface area (Å²) in [5, 5.41) is 9.54. The van der Waals surface area contributed by atoms with Crippen LogP contribution < -0.4 is 4.74 Å². The lowest BCUT2D eigenvalue weighted by Gasteiger charge is -2.23. The van der Waals surface area contributed by atoms with E-state index in [1.165, 1.54) is 0 Å². The average molecular weight is 363 g/mol. The number of hydrogen-bond donors (Lipinski definition) is 1. The normalized spacial score (nSPS) is 10.7. The predicted molar refractivity (Wildman–Crippen MR) is 101 cm³/mol. The van der Waals surface area contributed by atoms with Crippen LogP contribution in [0.5, 0.6) is 5.75 Å². The Labute approximate surface area is 158 Å². The molecule has 0 saturated heterocycles. The molecule has 6 heteroatoms. The molecule has 0 aliphatic heterocycles. The second kappa shape index (κ2) is 8.91. The summed E-state index contributed by atoms with van der Waals surface area (Å²) in [4.78, 5) is 22.5. The molecule has 6 nitrogen and oxygen atoms in total. The minimum absolute atomic E-state index is 0.267. The highest BCUT2D eigenvalue weighted by Gasteiger charge is 2.16. The largest absolute Gasteiger partial charge is 0.497 e. The maximum atomic E-state index is 11.6. The second-order valence-electron chi connectivity index (χ2n) is 6.12. The highest BCUT2D eigenvalue weighted by atomic mass is 16.5. The van der Waals surface area contributed by atoms with Gasteiger partial charge in [0.1, 0.15) is 5.75 Å². The van der Waals surface area contributed by atoms with Crippen LogP contribution in [0, 0.1) is 0 Å². The Bertz CT molecular complexity index is 844. The first-order chi connectivity index (χ1) is 13.2. The van der Waals surface area contributed by atoms with Crippen LogP contribution in [0.4, 0.5) is 0 Å². The standard InChI is InChI=1S/C21H21N3O3/c1-27-19-8-9-20(21(25)26)16(12-19)13-24(14-17-6-2-4-10-22-17)15-18-7-3-5-11-23-18/h2-12H,13-15H2,1H3,(H,25,26). The van der Waals surface area contributed by atoms with E-state index in [4.69, 9.17) is 4.74 Å². The quantitative estimate of drug-likeness (QED) is 0.661. The molecular formula is C21H21N3O3. The third-order valence-corrected chi connectivity index (χ3v) is 4.16. The number of rotatable bonds is 8. The smallest absolute Gasteiger partial charge is 0.336 e. The number of carboxylic acids is 1. The Morgan fingerprint density at radius 2 is 1.59 bits per heavy atom. The zero-order valence-corrected chi connectivity index (χ0v) is 15.1. The summed E-state index contributed by atoms with van der Waals surface area (Å²) < 4.78 is 5.27. The van der Waals surface area contributed by atoms with Crippen LogP contribution in [0.2, 0.25) is 0 Å². The maximum absolute atomic E-state index is 11.6. The first-order valence-electron chi connectivity index (χ1n) is 8.58. The molecule has 0 amide bonds. The van der Waals surface area contributed by atoms with Gasteiger partial charge < -0.3 is 9.84 Å². The molecule has 1 aromatic carbocycles. The SMILES string of the molecule is COc1ccc(C(=O)O)c(CN(Cc2ccccn2)Cc2ccccn2)c1. The fourth-order valence-corrected chi connectivity index (χ4v) is 2.89. The molecular weight excluding hydrogens is 342 g/mol. The monoisotopic (exact) mass is 363 g/mol. The number of aromatic carboxylic acids is 1. The summed E-state index contributed by atoms with van der Waals surface area (Å²) in [6, 6.07) is 16.5. The fourth-order valence-electron chi connectivity index (χ4n) is 2.89. The van der Waals surface area contributed by atoms with Crippen LogP contribution >= 0.6 is 0 Å². The summed E-state index contributed by atoms with van der Waals surface area (Å²) in [6.07, 6.45) is 3.50. The van der Waals surface area contributed by atoms with Crippen molar-refractivity contribution in [3.8, 4) is 5.75 Å². The van der Waals surface area contributed by atoms with Crippen LogP contribution in [-0.2, 0) is 19.6 Å². The van der Waals surface area contributed by atoms with Gasteiger partial charge in [-0.3, -0.25) is 14.9 Å². The van der Waals surface area contributed by atoms with Crippen molar-refractivity contribution in [2.45, 2.75) is 19.6 Å². The number of aromatic nitrogens is 2. The van der Waals surface area contributed by atoms with Gasteiger partial charge in [0.2, 0.25) is 0 Å². The number of carboxylic acid groups (broad SMARTS) is 1. The summed E-state index contributed by atoms with van der Waals surface area (Å²) in [7, 11) is 1.57. The van der Waals surface area contributed by atoms with Gasteiger partial charge >= 0.3 is 5.97 Å². The zero-order valence-electron chi connectivity index (χ0n) is 15.1. The molecule has 0 aliphatic rings. The fraction of sp³-hybridized carbons (Fsp3) is 0.190. The highest BCUT2D eigenvalue weighted by Crippen LogP contribution is 2.21. The van der Waals surface area contributed by atoms with E-state index >= 15 is 0 Å². The molecule has 3 aromatic rings. The number of ether oxygens (including phenoxy) is 1. The lowest BCUT2D eigenvalue weighted by atomic mass is 10.1. The minimum Gasteiger partial charge on any atom is -0.497 e. The molecule has 3 rings (SSSR count). The van der Waals surface area contributed by atoms with Crippen molar-refractivity contribution in [1.82, 2.24) is 14.9 Å². The van der Waals surface area contributed by atoms with Crippen LogP contribution in [0.1, 0.15) is 27.3 Å². The van der Waals surface area contributed by atoms with Gasteiger partial charge in [0.05, 0.1) is 24.1 Å². The Morgan fingerprint density at radius 3 is 2.07 bits per heavy atom. The van der Waals surface area contributed by atoms with Gasteiger partial charge in [-0.2, -0.15) is 0 Å². The van der Waals surface area contributed by atoms with E-state index in [-0.39, 0.29) is 5.56 Å².